The van der Waals surface area contributed by atoms with E-state index in [4.69, 9.17) is 0 Å². The number of amides is 3. The number of aryl methyl sites for hydroxylation is 1. The molecular formula is C21H19FN4O3S. The van der Waals surface area contributed by atoms with E-state index in [1.54, 1.807) is 18.3 Å². The number of benzene rings is 1. The van der Waals surface area contributed by atoms with Gasteiger partial charge in [0.2, 0.25) is 5.91 Å². The Balaban J connectivity index is 1.34. The van der Waals surface area contributed by atoms with Gasteiger partial charge in [-0.1, -0.05) is 0 Å². The minimum absolute atomic E-state index is 0.287. The molecule has 1 aliphatic rings. The Kier molecular flexibility index (Phi) is 5.45. The van der Waals surface area contributed by atoms with Crippen LogP contribution in [0, 0.1) is 5.82 Å². The Bertz CT molecular complexity index is 1180. The third-order valence-electron chi connectivity index (χ3n) is 4.88. The maximum Gasteiger partial charge on any atom is 0.294 e. The molecule has 30 heavy (non-hydrogen) atoms. The highest BCUT2D eigenvalue weighted by atomic mass is 32.2. The van der Waals surface area contributed by atoms with Crippen LogP contribution in [0.4, 0.5) is 9.18 Å². The predicted molar refractivity (Wildman–Crippen MR) is 113 cm³/mol. The third kappa shape index (κ3) is 4.02. The van der Waals surface area contributed by atoms with Gasteiger partial charge >= 0.3 is 0 Å². The predicted octanol–water partition coefficient (Wildman–Crippen LogP) is 3.04. The molecule has 0 radical (unpaired) electrons. The summed E-state index contributed by atoms with van der Waals surface area (Å²) in [6, 6.07) is 8.16. The molecule has 1 fully saturated rings. The summed E-state index contributed by atoms with van der Waals surface area (Å²) < 4.78 is 15.3. The molecule has 0 atom stereocenters. The van der Waals surface area contributed by atoms with Crippen LogP contribution >= 0.6 is 11.8 Å². The Morgan fingerprint density at radius 2 is 2.13 bits per heavy atom. The van der Waals surface area contributed by atoms with Crippen LogP contribution in [-0.2, 0) is 23.1 Å². The number of thioether (sulfide) groups is 1. The van der Waals surface area contributed by atoms with Gasteiger partial charge in [-0.3, -0.25) is 19.3 Å². The van der Waals surface area contributed by atoms with Crippen molar-refractivity contribution in [2.45, 2.75) is 6.42 Å². The Labute approximate surface area is 175 Å². The molecule has 3 aromatic rings. The molecule has 0 bridgehead atoms. The van der Waals surface area contributed by atoms with Crippen molar-refractivity contribution in [1.82, 2.24) is 19.8 Å². The van der Waals surface area contributed by atoms with Gasteiger partial charge in [0.25, 0.3) is 11.1 Å². The molecule has 154 valence electrons. The van der Waals surface area contributed by atoms with Gasteiger partial charge in [0.1, 0.15) is 12.4 Å². The molecule has 1 saturated heterocycles. The van der Waals surface area contributed by atoms with E-state index in [1.807, 2.05) is 29.9 Å². The first kappa shape index (κ1) is 20.0. The lowest BCUT2D eigenvalue weighted by molar-refractivity contribution is -0.129. The van der Waals surface area contributed by atoms with Gasteiger partial charge in [0.05, 0.1) is 4.91 Å². The van der Waals surface area contributed by atoms with Gasteiger partial charge in [-0.15, -0.1) is 0 Å². The van der Waals surface area contributed by atoms with Crippen molar-refractivity contribution in [3.8, 4) is 0 Å². The molecule has 0 unspecified atom stereocenters. The van der Waals surface area contributed by atoms with Gasteiger partial charge in [0, 0.05) is 42.6 Å². The van der Waals surface area contributed by atoms with Crippen LogP contribution < -0.4 is 5.32 Å². The highest BCUT2D eigenvalue weighted by Crippen LogP contribution is 2.32. The number of aromatic amines is 1. The largest absolute Gasteiger partial charge is 0.361 e. The monoisotopic (exact) mass is 426 g/mol. The molecule has 3 amide bonds. The van der Waals surface area contributed by atoms with E-state index >= 15 is 0 Å². The van der Waals surface area contributed by atoms with E-state index in [9.17, 15) is 18.8 Å². The van der Waals surface area contributed by atoms with Gasteiger partial charge in [0.15, 0.2) is 0 Å². The summed E-state index contributed by atoms with van der Waals surface area (Å²) in [7, 11) is 1.84. The Morgan fingerprint density at radius 1 is 1.30 bits per heavy atom. The van der Waals surface area contributed by atoms with Crippen LogP contribution in [0.5, 0.6) is 0 Å². The second-order valence-electron chi connectivity index (χ2n) is 6.92. The van der Waals surface area contributed by atoms with Crippen LogP contribution in [0.2, 0.25) is 0 Å². The first-order chi connectivity index (χ1) is 14.4. The van der Waals surface area contributed by atoms with E-state index in [1.165, 1.54) is 12.1 Å². The number of carbonyl (C=O) groups excluding carboxylic acids is 3. The molecule has 4 rings (SSSR count). The lowest BCUT2D eigenvalue weighted by Gasteiger charge is -2.12. The maximum atomic E-state index is 13.5. The van der Waals surface area contributed by atoms with Crippen LogP contribution in [0.25, 0.3) is 17.0 Å². The fourth-order valence-electron chi connectivity index (χ4n) is 3.29. The van der Waals surface area contributed by atoms with Crippen LogP contribution in [-0.4, -0.2) is 44.6 Å². The van der Waals surface area contributed by atoms with E-state index in [0.717, 1.165) is 38.8 Å². The molecule has 0 aliphatic carbocycles. The first-order valence-corrected chi connectivity index (χ1v) is 10.1. The number of H-pyrrole nitrogens is 1. The molecule has 1 aliphatic heterocycles. The second kappa shape index (κ2) is 8.19. The third-order valence-corrected chi connectivity index (χ3v) is 5.79. The molecule has 3 heterocycles. The van der Waals surface area contributed by atoms with E-state index in [-0.39, 0.29) is 17.3 Å². The topological polar surface area (TPSA) is 87.2 Å². The summed E-state index contributed by atoms with van der Waals surface area (Å²) in [6.07, 6.45) is 5.75. The van der Waals surface area contributed by atoms with Crippen molar-refractivity contribution in [3.63, 3.8) is 0 Å². The van der Waals surface area contributed by atoms with Crippen molar-refractivity contribution >= 4 is 45.8 Å². The molecule has 1 aromatic carbocycles. The van der Waals surface area contributed by atoms with Gasteiger partial charge in [-0.05, 0) is 60.2 Å². The molecule has 7 nitrogen and oxygen atoms in total. The van der Waals surface area contributed by atoms with Crippen molar-refractivity contribution in [3.05, 3.63) is 64.7 Å². The molecule has 0 spiro atoms. The van der Waals surface area contributed by atoms with Gasteiger partial charge in [-0.25, -0.2) is 4.39 Å². The zero-order chi connectivity index (χ0) is 21.3. The Hall–Kier alpha value is -3.33. The number of hydrogen-bond donors (Lipinski definition) is 2. The Morgan fingerprint density at radius 3 is 2.90 bits per heavy atom. The van der Waals surface area contributed by atoms with Crippen molar-refractivity contribution < 1.29 is 18.8 Å². The van der Waals surface area contributed by atoms with Crippen LogP contribution in [0.15, 0.2) is 47.6 Å². The number of rotatable bonds is 6. The summed E-state index contributed by atoms with van der Waals surface area (Å²) in [5, 5.41) is 3.01. The van der Waals surface area contributed by atoms with Gasteiger partial charge in [-0.2, -0.15) is 0 Å². The van der Waals surface area contributed by atoms with Crippen molar-refractivity contribution in [1.29, 1.82) is 0 Å². The lowest BCUT2D eigenvalue weighted by atomic mass is 10.1. The summed E-state index contributed by atoms with van der Waals surface area (Å²) in [4.78, 5) is 41.2. The number of nitrogens with one attached hydrogen (secondary N) is 2. The zero-order valence-corrected chi connectivity index (χ0v) is 17.0. The number of hydrogen-bond acceptors (Lipinski definition) is 4. The summed E-state index contributed by atoms with van der Waals surface area (Å²) >= 11 is 0.821. The van der Waals surface area contributed by atoms with Crippen molar-refractivity contribution in [2.75, 3.05) is 13.1 Å². The first-order valence-electron chi connectivity index (χ1n) is 9.31. The lowest BCUT2D eigenvalue weighted by Crippen LogP contribution is -2.40. The number of imide groups is 1. The zero-order valence-electron chi connectivity index (χ0n) is 16.1. The standard InChI is InChI=1S/C21H19FN4O3S/c1-25-8-2-3-15(25)10-18-20(28)26(21(29)30-18)12-19(27)23-7-6-13-11-24-17-5-4-14(22)9-16(13)17/h2-5,8-11,24H,6-7,12H2,1H3,(H,23,27). The van der Waals surface area contributed by atoms with E-state index in [2.05, 4.69) is 10.3 Å². The molecule has 2 N–H and O–H groups in total. The molecule has 2 aromatic heterocycles. The second-order valence-corrected chi connectivity index (χ2v) is 7.91. The molecular weight excluding hydrogens is 407 g/mol. The van der Waals surface area contributed by atoms with Crippen LogP contribution in [0.1, 0.15) is 11.3 Å². The molecule has 9 heteroatoms. The quantitative estimate of drug-likeness (QED) is 0.593. The highest BCUT2D eigenvalue weighted by Gasteiger charge is 2.36. The van der Waals surface area contributed by atoms with Crippen LogP contribution in [0.3, 0.4) is 0 Å². The number of halogens is 1. The van der Waals surface area contributed by atoms with E-state index in [0.29, 0.717) is 13.0 Å². The fourth-order valence-corrected chi connectivity index (χ4v) is 4.11. The SMILES string of the molecule is Cn1cccc1C=C1SC(=O)N(CC(=O)NCCc2c[nH]c3ccc(F)cc23)C1=O. The number of carbonyl (C=O) groups is 3. The molecule has 0 saturated carbocycles. The van der Waals surface area contributed by atoms with Crippen molar-refractivity contribution in [2.24, 2.45) is 7.05 Å². The summed E-state index contributed by atoms with van der Waals surface area (Å²) in [6.45, 7) is -0.0324. The number of aromatic nitrogens is 2. The summed E-state index contributed by atoms with van der Waals surface area (Å²) in [5.41, 5.74) is 2.49. The minimum Gasteiger partial charge on any atom is -0.361 e. The smallest absolute Gasteiger partial charge is 0.294 e. The average Bonchev–Trinajstić information content (AvgIpc) is 3.37. The maximum absolute atomic E-state index is 13.5. The fraction of sp³-hybridized carbons (Fsp3) is 0.190. The van der Waals surface area contributed by atoms with Gasteiger partial charge < -0.3 is 14.9 Å². The number of fused-ring (bicyclic) bond motifs is 1. The number of nitrogens with zero attached hydrogens (tertiary/aromatic N) is 2. The van der Waals surface area contributed by atoms with E-state index < -0.39 is 17.1 Å². The summed E-state index contributed by atoms with van der Waals surface area (Å²) in [5.74, 6) is -1.23. The highest BCUT2D eigenvalue weighted by molar-refractivity contribution is 8.18. The normalized spacial score (nSPS) is 15.5. The minimum atomic E-state index is -0.478. The average molecular weight is 426 g/mol.